The first kappa shape index (κ1) is 11.1. The normalized spacial score (nSPS) is 13.2. The first-order chi connectivity index (χ1) is 9.77. The van der Waals surface area contributed by atoms with Crippen molar-refractivity contribution in [2.75, 3.05) is 0 Å². The van der Waals surface area contributed by atoms with Crippen molar-refractivity contribution in [3.8, 4) is 11.1 Å². The minimum atomic E-state index is -0.0611. The van der Waals surface area contributed by atoms with Gasteiger partial charge in [-0.05, 0) is 17.2 Å². The standard InChI is InChI=1S/C18H10O2/c19-17-13-8-4-5-9-14(13)18(20)16-12-7-3-1-2-6-11(12)10-15(16)17/h1-10H. The summed E-state index contributed by atoms with van der Waals surface area (Å²) in [5, 5.41) is 0. The monoisotopic (exact) mass is 258 g/mol. The fourth-order valence-corrected chi connectivity index (χ4v) is 2.87. The lowest BCUT2D eigenvalue weighted by Gasteiger charge is -2.14. The predicted octanol–water partition coefficient (Wildman–Crippen LogP) is 3.57. The van der Waals surface area contributed by atoms with Crippen LogP contribution >= 0.6 is 0 Å². The Labute approximate surface area is 116 Å². The lowest BCUT2D eigenvalue weighted by atomic mass is 9.85. The van der Waals surface area contributed by atoms with Gasteiger partial charge in [0.15, 0.2) is 11.6 Å². The van der Waals surface area contributed by atoms with Crippen molar-refractivity contribution in [3.63, 3.8) is 0 Å². The van der Waals surface area contributed by atoms with E-state index < -0.39 is 0 Å². The maximum atomic E-state index is 12.7. The minimum absolute atomic E-state index is 0.0589. The van der Waals surface area contributed by atoms with Crippen LogP contribution in [-0.4, -0.2) is 11.6 Å². The predicted molar refractivity (Wildman–Crippen MR) is 76.4 cm³/mol. The fourth-order valence-electron chi connectivity index (χ4n) is 2.87. The van der Waals surface area contributed by atoms with Crippen molar-refractivity contribution >= 4 is 11.6 Å². The van der Waals surface area contributed by atoms with E-state index in [0.29, 0.717) is 22.3 Å². The Balaban J connectivity index is 2.10. The zero-order valence-electron chi connectivity index (χ0n) is 10.6. The summed E-state index contributed by atoms with van der Waals surface area (Å²) in [6.45, 7) is 0. The zero-order chi connectivity index (χ0) is 13.7. The van der Waals surface area contributed by atoms with Gasteiger partial charge in [0.25, 0.3) is 0 Å². The van der Waals surface area contributed by atoms with E-state index in [1.807, 2.05) is 36.4 Å². The summed E-state index contributed by atoms with van der Waals surface area (Å²) in [7, 11) is 0. The highest BCUT2D eigenvalue weighted by Crippen LogP contribution is 2.37. The number of benzene rings is 1. The van der Waals surface area contributed by atoms with Gasteiger partial charge in [-0.1, -0.05) is 54.6 Å². The molecule has 0 saturated carbocycles. The second kappa shape index (κ2) is 3.87. The Morgan fingerprint density at radius 3 is 1.95 bits per heavy atom. The van der Waals surface area contributed by atoms with E-state index in [9.17, 15) is 9.59 Å². The summed E-state index contributed by atoms with van der Waals surface area (Å²) in [6.07, 6.45) is 0. The summed E-state index contributed by atoms with van der Waals surface area (Å²) in [6, 6.07) is 18.4. The Bertz CT molecular complexity index is 846. The third-order valence-corrected chi connectivity index (χ3v) is 3.80. The van der Waals surface area contributed by atoms with Crippen LogP contribution in [0.4, 0.5) is 0 Å². The van der Waals surface area contributed by atoms with E-state index in [2.05, 4.69) is 0 Å². The van der Waals surface area contributed by atoms with Gasteiger partial charge in [-0.25, -0.2) is 0 Å². The van der Waals surface area contributed by atoms with Crippen LogP contribution in [0.3, 0.4) is 0 Å². The summed E-state index contributed by atoms with van der Waals surface area (Å²) in [5.74, 6) is -0.120. The van der Waals surface area contributed by atoms with E-state index in [1.54, 1.807) is 24.3 Å². The third-order valence-electron chi connectivity index (χ3n) is 3.80. The smallest absolute Gasteiger partial charge is 0.195 e. The maximum absolute atomic E-state index is 12.7. The molecule has 4 rings (SSSR count). The van der Waals surface area contributed by atoms with Crippen molar-refractivity contribution < 1.29 is 9.59 Å². The summed E-state index contributed by atoms with van der Waals surface area (Å²) >= 11 is 0. The van der Waals surface area contributed by atoms with Crippen molar-refractivity contribution in [3.05, 3.63) is 82.9 Å². The molecule has 0 radical (unpaired) electrons. The van der Waals surface area contributed by atoms with Crippen molar-refractivity contribution in [1.82, 2.24) is 0 Å². The number of carbonyl (C=O) groups is 2. The van der Waals surface area contributed by atoms with Gasteiger partial charge in [0, 0.05) is 22.3 Å². The molecular weight excluding hydrogens is 248 g/mol. The molecule has 1 aromatic carbocycles. The van der Waals surface area contributed by atoms with E-state index in [0.717, 1.165) is 11.1 Å². The van der Waals surface area contributed by atoms with Gasteiger partial charge in [0.2, 0.25) is 0 Å². The molecule has 94 valence electrons. The molecule has 0 heterocycles. The Morgan fingerprint density at radius 2 is 1.15 bits per heavy atom. The highest BCUT2D eigenvalue weighted by atomic mass is 16.1. The summed E-state index contributed by atoms with van der Waals surface area (Å²) in [5.41, 5.74) is 3.84. The molecule has 3 aliphatic rings. The lowest BCUT2D eigenvalue weighted by molar-refractivity contribution is 0.0980. The largest absolute Gasteiger partial charge is 0.289 e. The zero-order valence-corrected chi connectivity index (χ0v) is 10.6. The number of rotatable bonds is 0. The van der Waals surface area contributed by atoms with Gasteiger partial charge < -0.3 is 0 Å². The topological polar surface area (TPSA) is 34.1 Å². The van der Waals surface area contributed by atoms with E-state index in [4.69, 9.17) is 0 Å². The van der Waals surface area contributed by atoms with Crippen molar-refractivity contribution in [2.24, 2.45) is 0 Å². The molecule has 0 bridgehead atoms. The first-order valence-corrected chi connectivity index (χ1v) is 6.47. The maximum Gasteiger partial charge on any atom is 0.195 e. The molecule has 3 aliphatic carbocycles. The molecule has 0 atom stereocenters. The fraction of sp³-hybridized carbons (Fsp3) is 0. The van der Waals surface area contributed by atoms with Crippen LogP contribution < -0.4 is 0 Å². The summed E-state index contributed by atoms with van der Waals surface area (Å²) in [4.78, 5) is 25.2. The number of carbonyl (C=O) groups excluding carboxylic acids is 2. The molecule has 2 nitrogen and oxygen atoms in total. The van der Waals surface area contributed by atoms with Gasteiger partial charge >= 0.3 is 0 Å². The summed E-state index contributed by atoms with van der Waals surface area (Å²) < 4.78 is 0. The molecule has 0 unspecified atom stereocenters. The molecule has 20 heavy (non-hydrogen) atoms. The van der Waals surface area contributed by atoms with E-state index >= 15 is 0 Å². The number of hydrogen-bond donors (Lipinski definition) is 0. The molecule has 0 aliphatic heterocycles. The quantitative estimate of drug-likeness (QED) is 0.483. The number of fused-ring (bicyclic) bond motifs is 4. The van der Waals surface area contributed by atoms with Crippen molar-refractivity contribution in [1.29, 1.82) is 0 Å². The van der Waals surface area contributed by atoms with Crippen LogP contribution in [0.15, 0.2) is 60.7 Å². The lowest BCUT2D eigenvalue weighted by Crippen LogP contribution is -2.19. The van der Waals surface area contributed by atoms with Gasteiger partial charge in [-0.3, -0.25) is 9.59 Å². The van der Waals surface area contributed by atoms with Gasteiger partial charge in [-0.2, -0.15) is 0 Å². The average Bonchev–Trinajstić information content (AvgIpc) is 2.68. The SMILES string of the molecule is O=C1c2ccccc2C(=O)c2c1cc1cccccc2-1. The van der Waals surface area contributed by atoms with Gasteiger partial charge in [-0.15, -0.1) is 0 Å². The van der Waals surface area contributed by atoms with Crippen molar-refractivity contribution in [2.45, 2.75) is 0 Å². The molecular formula is C18H10O2. The second-order valence-electron chi connectivity index (χ2n) is 4.92. The van der Waals surface area contributed by atoms with Crippen LogP contribution in [0.2, 0.25) is 0 Å². The van der Waals surface area contributed by atoms with Crippen LogP contribution in [0.5, 0.6) is 0 Å². The van der Waals surface area contributed by atoms with Gasteiger partial charge in [0.1, 0.15) is 0 Å². The van der Waals surface area contributed by atoms with Crippen LogP contribution in [0, 0.1) is 0 Å². The van der Waals surface area contributed by atoms with Crippen LogP contribution in [-0.2, 0) is 0 Å². The molecule has 0 spiro atoms. The third kappa shape index (κ3) is 1.33. The van der Waals surface area contributed by atoms with Crippen LogP contribution in [0.1, 0.15) is 31.8 Å². The first-order valence-electron chi connectivity index (χ1n) is 6.47. The molecule has 0 N–H and O–H groups in total. The second-order valence-corrected chi connectivity index (χ2v) is 4.92. The molecule has 0 fully saturated rings. The molecule has 2 heteroatoms. The Kier molecular flexibility index (Phi) is 2.15. The van der Waals surface area contributed by atoms with Crippen LogP contribution in [0.25, 0.3) is 11.1 Å². The highest BCUT2D eigenvalue weighted by Gasteiger charge is 2.33. The van der Waals surface area contributed by atoms with Gasteiger partial charge in [0.05, 0.1) is 0 Å². The minimum Gasteiger partial charge on any atom is -0.289 e. The average molecular weight is 258 g/mol. The molecule has 1 aromatic rings. The van der Waals surface area contributed by atoms with E-state index in [-0.39, 0.29) is 11.6 Å². The highest BCUT2D eigenvalue weighted by molar-refractivity contribution is 6.31. The van der Waals surface area contributed by atoms with E-state index in [1.165, 1.54) is 0 Å². The number of hydrogen-bond acceptors (Lipinski definition) is 2. The Hall–Kier alpha value is -2.74. The molecule has 0 aromatic heterocycles. The molecule has 0 saturated heterocycles. The Morgan fingerprint density at radius 1 is 0.550 bits per heavy atom. The number of ketones is 2. The molecule has 0 amide bonds.